The maximum absolute atomic E-state index is 12.6. The van der Waals surface area contributed by atoms with Gasteiger partial charge in [0.15, 0.2) is 42.9 Å². The second kappa shape index (κ2) is 53.4. The summed E-state index contributed by atoms with van der Waals surface area (Å²) in [6, 6.07) is 28.1. The number of aliphatic hydroxyl groups is 1. The third-order valence-electron chi connectivity index (χ3n) is 17.5. The fourth-order valence-electron chi connectivity index (χ4n) is 11.2. The lowest BCUT2D eigenvalue weighted by Gasteiger charge is -2.24. The molecule has 0 spiro atoms. The van der Waals surface area contributed by atoms with Crippen LogP contribution in [0.25, 0.3) is 0 Å². The first-order valence-electron chi connectivity index (χ1n) is 36.9. The van der Waals surface area contributed by atoms with Gasteiger partial charge in [-0.05, 0) is 48.8 Å². The summed E-state index contributed by atoms with van der Waals surface area (Å²) < 4.78 is 137. The Hall–Kier alpha value is -11.2. The lowest BCUT2D eigenvalue weighted by Crippen LogP contribution is -2.41. The van der Waals surface area contributed by atoms with Crippen molar-refractivity contribution in [3.63, 3.8) is 0 Å². The Kier molecular flexibility index (Phi) is 44.2. The van der Waals surface area contributed by atoms with Crippen LogP contribution < -0.4 is 53.5 Å². The van der Waals surface area contributed by atoms with E-state index in [0.717, 1.165) is 76.8 Å². The molecule has 0 radical (unpaired) electrons. The predicted molar refractivity (Wildman–Crippen MR) is 412 cm³/mol. The Morgan fingerprint density at radius 2 is 0.900 bits per heavy atom. The molecule has 6 aliphatic heterocycles. The number of halogens is 3. The molecule has 12 rings (SSSR count). The number of rotatable bonds is 21. The molecule has 6 aromatic rings. The number of aromatic nitrogens is 1. The summed E-state index contributed by atoms with van der Waals surface area (Å²) in [5.74, 6) is -7.70. The number of alkyl carbamates (subject to hydrolysis) is 3. The molecule has 0 aliphatic carbocycles. The third-order valence-corrected chi connectivity index (χ3v) is 17.5. The normalized spacial score (nSPS) is 20.7. The number of hydrogen-bond donors (Lipinski definition) is 7. The van der Waals surface area contributed by atoms with Gasteiger partial charge in [-0.2, -0.15) is 0 Å². The van der Waals surface area contributed by atoms with Gasteiger partial charge in [0, 0.05) is 65.3 Å². The highest BCUT2D eigenvalue weighted by molar-refractivity contribution is 5.95. The van der Waals surface area contributed by atoms with E-state index in [1.807, 2.05) is 91.0 Å². The van der Waals surface area contributed by atoms with Gasteiger partial charge in [-0.15, -0.1) is 0 Å². The zero-order valence-corrected chi connectivity index (χ0v) is 67.6. The first kappa shape index (κ1) is 99.4. The van der Waals surface area contributed by atoms with Crippen LogP contribution in [-0.4, -0.2) is 230 Å². The van der Waals surface area contributed by atoms with Crippen LogP contribution in [0.4, 0.5) is 27.6 Å². The molecule has 38 nitrogen and oxygen atoms in total. The van der Waals surface area contributed by atoms with Crippen LogP contribution in [0.1, 0.15) is 109 Å². The molecule has 5 unspecified atom stereocenters. The van der Waals surface area contributed by atoms with E-state index in [1.165, 1.54) is 39.2 Å². The lowest BCUT2D eigenvalue weighted by atomic mass is 10.1. The maximum Gasteiger partial charge on any atom is 0.408 e. The molecule has 120 heavy (non-hydrogen) atoms. The van der Waals surface area contributed by atoms with Crippen molar-refractivity contribution in [1.82, 2.24) is 20.5 Å². The minimum absolute atomic E-state index is 0.0833. The van der Waals surface area contributed by atoms with Crippen LogP contribution in [0.3, 0.4) is 0 Å². The number of ether oxygens (including phenoxy) is 19. The van der Waals surface area contributed by atoms with Gasteiger partial charge in [0.1, 0.15) is 60.7 Å². The van der Waals surface area contributed by atoms with Crippen molar-refractivity contribution in [2.75, 3.05) is 111 Å². The van der Waals surface area contributed by atoms with Gasteiger partial charge in [0.2, 0.25) is 16.6 Å². The molecular formula is C79H102F3N7O31. The fraction of sp³-hybridized carbons (Fsp3) is 0.468. The number of nitrogens with two attached hydrogens (primary N) is 3. The number of carbonyl (C=O) groups is 8. The molecule has 6 saturated heterocycles. The van der Waals surface area contributed by atoms with Gasteiger partial charge in [-0.3, -0.25) is 9.59 Å². The summed E-state index contributed by atoms with van der Waals surface area (Å²) in [4.78, 5) is 116. The Labute approximate surface area is 687 Å². The van der Waals surface area contributed by atoms with Crippen LogP contribution >= 0.6 is 0 Å². The Balaban J connectivity index is 0.000000249. The molecule has 4 aromatic carbocycles. The van der Waals surface area contributed by atoms with Crippen molar-refractivity contribution in [2.24, 2.45) is 17.2 Å². The minimum atomic E-state index is -0.940. The minimum Gasteiger partial charge on any atom is -0.491 e. The van der Waals surface area contributed by atoms with Gasteiger partial charge in [-0.25, -0.2) is 51.5 Å². The number of methoxy groups -OCH3 is 10. The first-order chi connectivity index (χ1) is 57.7. The summed E-state index contributed by atoms with van der Waals surface area (Å²) >= 11 is 0. The Morgan fingerprint density at radius 3 is 1.31 bits per heavy atom. The van der Waals surface area contributed by atoms with E-state index >= 15 is 0 Å². The Bertz CT molecular complexity index is 4270. The summed E-state index contributed by atoms with van der Waals surface area (Å²) in [6.07, 6.45) is 2.38. The molecule has 8 heterocycles. The SMILES string of the molecule is COC(=O)c1cn([C@@H]2CCOC2OC)c(C(=O)OC)c(OC)c1=O.COC(=O)c1occ(C(=O)OC)c(=O)c1OC.COC1OCC[C@H]1N.COC1OCC[C@H]1N.COC1OCC[C@H]1NC(=O)OCc1ccccc1.NCc1c(F)cc(F)cc1F.O=C(N[C@@H]1CCOC1=O)OCc1ccccc1.O=C(N[C@@H]1CCOC1O)OCc1ccccc1. The number of nitrogens with zero attached hydrogens (tertiary/aromatic N) is 1. The number of hydrogen-bond acceptors (Lipinski definition) is 34. The zero-order valence-electron chi connectivity index (χ0n) is 67.6. The second-order valence-electron chi connectivity index (χ2n) is 25.4. The lowest BCUT2D eigenvalue weighted by molar-refractivity contribution is -0.139. The molecule has 0 bridgehead atoms. The summed E-state index contributed by atoms with van der Waals surface area (Å²) in [5, 5.41) is 17.1. The second-order valence-corrected chi connectivity index (χ2v) is 25.4. The van der Waals surface area contributed by atoms with E-state index in [-0.39, 0.29) is 97.5 Å². The van der Waals surface area contributed by atoms with Crippen molar-refractivity contribution >= 4 is 48.1 Å². The summed E-state index contributed by atoms with van der Waals surface area (Å²) in [7, 11) is 13.2. The van der Waals surface area contributed by atoms with E-state index < -0.39 is 113 Å². The molecule has 0 saturated carbocycles. The first-order valence-corrected chi connectivity index (χ1v) is 36.9. The quantitative estimate of drug-likeness (QED) is 0.0346. The molecule has 3 amide bonds. The number of amides is 3. The standard InChI is InChI=1S/C15H19NO8.C13H17NO4.C12H15NO4.C12H13NO4.C10H10O7.C7H6F3N.2C5H11NO2/c1-20-12-10(14(19)22-3)16(9-5-6-24-15(9)23-4)7-8(11(12)17)13(18)21-2;1-16-12-11(7-8-17-12)14-13(15)18-9-10-5-3-2-4-6-10;2*14-11-10(6-7-16-11)13-12(15)17-8-9-4-2-1-3-5-9;1-14-7-6(11)5(9(12)15-2)4-17-8(7)10(13)16-3;8-4-1-6(9)5(3-11)7(10)2-4;2*1-7-5-4(6)2-3-8-5/h7,9,15H,5-6H2,1-4H3;2-6,11-12H,7-9H2,1H3,(H,14,15);1-5,10-11,14H,6-8H2,(H,13,15);1-5,10H,6-8H2,(H,13,15);4H,1-3H3;1-2H,3,11H2;2*4-5H,2-3,6H2,1H3/t9-,15?;11-,12?;10-,11?;10-;;;2*4-,5?/m1111..11/s1. The van der Waals surface area contributed by atoms with Crippen molar-refractivity contribution in [3.8, 4) is 11.5 Å². The van der Waals surface area contributed by atoms with Crippen LogP contribution in [0.2, 0.25) is 0 Å². The van der Waals surface area contributed by atoms with E-state index in [1.54, 1.807) is 21.3 Å². The molecular weight excluding hydrogens is 1600 g/mol. The van der Waals surface area contributed by atoms with Crippen LogP contribution in [0, 0.1) is 17.5 Å². The molecule has 660 valence electrons. The molecule has 6 aliphatic rings. The number of benzene rings is 4. The molecule has 2 aromatic heterocycles. The van der Waals surface area contributed by atoms with E-state index in [2.05, 4.69) is 30.2 Å². The summed E-state index contributed by atoms with van der Waals surface area (Å²) in [5.41, 5.74) is 16.3. The number of nitrogens with one attached hydrogen (secondary N) is 3. The number of pyridine rings is 1. The summed E-state index contributed by atoms with van der Waals surface area (Å²) in [6.45, 7) is 3.65. The van der Waals surface area contributed by atoms with Gasteiger partial charge >= 0.3 is 48.1 Å². The van der Waals surface area contributed by atoms with Gasteiger partial charge < -0.3 is 137 Å². The smallest absolute Gasteiger partial charge is 0.408 e. The molecule has 10 N–H and O–H groups in total. The van der Waals surface area contributed by atoms with Crippen molar-refractivity contribution in [2.45, 2.75) is 133 Å². The van der Waals surface area contributed by atoms with E-state index in [4.69, 9.17) is 97.4 Å². The Morgan fingerprint density at radius 1 is 0.483 bits per heavy atom. The van der Waals surface area contributed by atoms with E-state index in [9.17, 15) is 66.2 Å². The van der Waals surface area contributed by atoms with Crippen molar-refractivity contribution in [1.29, 1.82) is 0 Å². The predicted octanol–water partition coefficient (Wildman–Crippen LogP) is 5.48. The van der Waals surface area contributed by atoms with E-state index in [0.29, 0.717) is 57.8 Å². The molecule has 11 atom stereocenters. The van der Waals surface area contributed by atoms with Gasteiger partial charge in [0.25, 0.3) is 5.76 Å². The van der Waals surface area contributed by atoms with Gasteiger partial charge in [0.05, 0.1) is 113 Å². The average Bonchev–Trinajstić information content (AvgIpc) is 1.38. The van der Waals surface area contributed by atoms with Crippen molar-refractivity contribution in [3.05, 3.63) is 198 Å². The monoisotopic (exact) mass is 1700 g/mol. The fourth-order valence-corrected chi connectivity index (χ4v) is 11.2. The van der Waals surface area contributed by atoms with Crippen LogP contribution in [0.5, 0.6) is 11.5 Å². The average molecular weight is 1700 g/mol. The highest BCUT2D eigenvalue weighted by Gasteiger charge is 2.37. The highest BCUT2D eigenvalue weighted by atomic mass is 19.1. The third kappa shape index (κ3) is 31.5. The number of esters is 5. The van der Waals surface area contributed by atoms with Crippen LogP contribution in [-0.2, 0) is 112 Å². The zero-order chi connectivity index (χ0) is 88.2. The maximum atomic E-state index is 12.6. The largest absolute Gasteiger partial charge is 0.491 e. The van der Waals surface area contributed by atoms with Crippen LogP contribution in [0.15, 0.2) is 130 Å². The number of aliphatic hydroxyl groups excluding tert-OH is 1. The number of cyclic esters (lactones) is 1. The molecule has 6 fully saturated rings. The number of carbonyl (C=O) groups excluding carboxylic acids is 8. The van der Waals surface area contributed by atoms with Gasteiger partial charge in [-0.1, -0.05) is 91.0 Å². The molecule has 41 heteroatoms. The van der Waals surface area contributed by atoms with Crippen molar-refractivity contribution < 1.29 is 151 Å². The topological polar surface area (TPSA) is 499 Å². The highest BCUT2D eigenvalue weighted by Crippen LogP contribution is 2.31.